The van der Waals surface area contributed by atoms with Gasteiger partial charge in [0.15, 0.2) is 0 Å². The first-order valence-electron chi connectivity index (χ1n) is 7.29. The number of anilines is 1. The van der Waals surface area contributed by atoms with Gasteiger partial charge in [-0.25, -0.2) is 8.42 Å². The molecule has 0 atom stereocenters. The maximum atomic E-state index is 12.8. The SMILES string of the molecule is COC(=O)Cc1ccc2c(c1)CCN2S(=O)(=O)c1ccccc1. The molecule has 6 heteroatoms. The zero-order valence-electron chi connectivity index (χ0n) is 12.7. The topological polar surface area (TPSA) is 63.7 Å². The molecule has 0 amide bonds. The summed E-state index contributed by atoms with van der Waals surface area (Å²) < 4.78 is 31.6. The molecule has 0 fully saturated rings. The van der Waals surface area contributed by atoms with Crippen molar-refractivity contribution in [1.82, 2.24) is 0 Å². The number of carbonyl (C=O) groups excluding carboxylic acids is 1. The third-order valence-electron chi connectivity index (χ3n) is 3.90. The van der Waals surface area contributed by atoms with Gasteiger partial charge in [0.25, 0.3) is 10.0 Å². The van der Waals surface area contributed by atoms with Gasteiger partial charge in [0.05, 0.1) is 24.1 Å². The van der Waals surface area contributed by atoms with E-state index in [1.165, 1.54) is 11.4 Å². The highest BCUT2D eigenvalue weighted by atomic mass is 32.2. The number of methoxy groups -OCH3 is 1. The van der Waals surface area contributed by atoms with Crippen LogP contribution in [-0.4, -0.2) is 28.0 Å². The van der Waals surface area contributed by atoms with Gasteiger partial charge in [-0.2, -0.15) is 0 Å². The van der Waals surface area contributed by atoms with E-state index in [4.69, 9.17) is 0 Å². The molecule has 0 bridgehead atoms. The van der Waals surface area contributed by atoms with Crippen molar-refractivity contribution in [3.05, 3.63) is 59.7 Å². The number of benzene rings is 2. The van der Waals surface area contributed by atoms with E-state index in [1.807, 2.05) is 6.07 Å². The smallest absolute Gasteiger partial charge is 0.309 e. The monoisotopic (exact) mass is 331 g/mol. The molecule has 0 N–H and O–H groups in total. The number of fused-ring (bicyclic) bond motifs is 1. The van der Waals surface area contributed by atoms with Gasteiger partial charge in [0.2, 0.25) is 0 Å². The summed E-state index contributed by atoms with van der Waals surface area (Å²) in [6.07, 6.45) is 0.825. The molecule has 0 aromatic heterocycles. The van der Waals surface area contributed by atoms with E-state index in [2.05, 4.69) is 4.74 Å². The molecule has 2 aromatic carbocycles. The van der Waals surface area contributed by atoms with Crippen molar-refractivity contribution in [2.75, 3.05) is 18.0 Å². The number of ether oxygens (including phenoxy) is 1. The molecule has 0 radical (unpaired) electrons. The molecule has 2 aromatic rings. The van der Waals surface area contributed by atoms with Crippen LogP contribution >= 0.6 is 0 Å². The van der Waals surface area contributed by atoms with Crippen LogP contribution in [-0.2, 0) is 32.4 Å². The Morgan fingerprint density at radius 3 is 2.61 bits per heavy atom. The van der Waals surface area contributed by atoms with Gasteiger partial charge in [-0.05, 0) is 35.7 Å². The molecule has 1 aliphatic heterocycles. The minimum Gasteiger partial charge on any atom is -0.469 e. The van der Waals surface area contributed by atoms with Crippen LogP contribution in [0.15, 0.2) is 53.4 Å². The van der Waals surface area contributed by atoms with Crippen molar-refractivity contribution >= 4 is 21.7 Å². The van der Waals surface area contributed by atoms with Crippen LogP contribution in [0, 0.1) is 0 Å². The Kier molecular flexibility index (Phi) is 4.09. The Morgan fingerprint density at radius 2 is 1.91 bits per heavy atom. The number of rotatable bonds is 4. The third kappa shape index (κ3) is 2.94. The second-order valence-corrected chi connectivity index (χ2v) is 7.22. The lowest BCUT2D eigenvalue weighted by Crippen LogP contribution is -2.29. The summed E-state index contributed by atoms with van der Waals surface area (Å²) in [7, 11) is -2.20. The van der Waals surface area contributed by atoms with Crippen LogP contribution in [0.2, 0.25) is 0 Å². The maximum Gasteiger partial charge on any atom is 0.309 e. The number of esters is 1. The number of carbonyl (C=O) groups is 1. The van der Waals surface area contributed by atoms with Gasteiger partial charge in [-0.1, -0.05) is 30.3 Å². The van der Waals surface area contributed by atoms with Crippen LogP contribution in [0.4, 0.5) is 5.69 Å². The van der Waals surface area contributed by atoms with Crippen LogP contribution in [0.3, 0.4) is 0 Å². The highest BCUT2D eigenvalue weighted by molar-refractivity contribution is 7.92. The Morgan fingerprint density at radius 1 is 1.17 bits per heavy atom. The van der Waals surface area contributed by atoms with E-state index in [9.17, 15) is 13.2 Å². The molecule has 0 saturated heterocycles. The third-order valence-corrected chi connectivity index (χ3v) is 5.73. The maximum absolute atomic E-state index is 12.8. The van der Waals surface area contributed by atoms with E-state index in [0.29, 0.717) is 18.7 Å². The Balaban J connectivity index is 1.92. The summed E-state index contributed by atoms with van der Waals surface area (Å²) in [4.78, 5) is 11.6. The molecule has 1 heterocycles. The molecular weight excluding hydrogens is 314 g/mol. The van der Waals surface area contributed by atoms with Gasteiger partial charge in [-0.15, -0.1) is 0 Å². The molecule has 23 heavy (non-hydrogen) atoms. The molecule has 1 aliphatic rings. The lowest BCUT2D eigenvalue weighted by Gasteiger charge is -2.19. The van der Waals surface area contributed by atoms with Crippen LogP contribution in [0.1, 0.15) is 11.1 Å². The molecule has 5 nitrogen and oxygen atoms in total. The quantitative estimate of drug-likeness (QED) is 0.805. The summed E-state index contributed by atoms with van der Waals surface area (Å²) in [6.45, 7) is 0.411. The van der Waals surface area contributed by atoms with E-state index in [-0.39, 0.29) is 17.3 Å². The van der Waals surface area contributed by atoms with Crippen LogP contribution in [0.25, 0.3) is 0 Å². The summed E-state index contributed by atoms with van der Waals surface area (Å²) in [6, 6.07) is 13.8. The predicted molar refractivity (Wildman–Crippen MR) is 86.8 cm³/mol. The zero-order valence-corrected chi connectivity index (χ0v) is 13.5. The second kappa shape index (κ2) is 6.04. The Labute approximate surface area is 135 Å². The molecule has 3 rings (SSSR count). The van der Waals surface area contributed by atoms with Crippen molar-refractivity contribution < 1.29 is 17.9 Å². The zero-order chi connectivity index (χ0) is 16.4. The molecular formula is C17H17NO4S. The van der Waals surface area contributed by atoms with Gasteiger partial charge < -0.3 is 4.74 Å². The fraction of sp³-hybridized carbons (Fsp3) is 0.235. The lowest BCUT2D eigenvalue weighted by atomic mass is 10.1. The molecule has 120 valence electrons. The van der Waals surface area contributed by atoms with Crippen molar-refractivity contribution in [3.63, 3.8) is 0 Å². The standard InChI is InChI=1S/C17H17NO4S/c1-22-17(19)12-13-7-8-16-14(11-13)9-10-18(16)23(20,21)15-5-3-2-4-6-15/h2-8,11H,9-10,12H2,1H3. The van der Waals surface area contributed by atoms with Gasteiger partial charge in [0, 0.05) is 6.54 Å². The first kappa shape index (κ1) is 15.6. The van der Waals surface area contributed by atoms with E-state index in [1.54, 1.807) is 42.5 Å². The van der Waals surface area contributed by atoms with Gasteiger partial charge >= 0.3 is 5.97 Å². The predicted octanol–water partition coefficient (Wildman–Crippen LogP) is 2.15. The summed E-state index contributed by atoms with van der Waals surface area (Å²) >= 11 is 0. The highest BCUT2D eigenvalue weighted by Gasteiger charge is 2.30. The minimum atomic E-state index is -3.55. The van der Waals surface area contributed by atoms with Crippen molar-refractivity contribution in [2.24, 2.45) is 0 Å². The summed E-state index contributed by atoms with van der Waals surface area (Å²) in [5, 5.41) is 0. The number of hydrogen-bond acceptors (Lipinski definition) is 4. The van der Waals surface area contributed by atoms with Gasteiger partial charge in [0.1, 0.15) is 0 Å². The molecule has 0 saturated carbocycles. The molecule has 0 aliphatic carbocycles. The summed E-state index contributed by atoms with van der Waals surface area (Å²) in [5.41, 5.74) is 2.45. The summed E-state index contributed by atoms with van der Waals surface area (Å²) in [5.74, 6) is -0.309. The lowest BCUT2D eigenvalue weighted by molar-refractivity contribution is -0.139. The number of hydrogen-bond donors (Lipinski definition) is 0. The Bertz CT molecular complexity index is 831. The average molecular weight is 331 g/mol. The first-order chi connectivity index (χ1) is 11.0. The Hall–Kier alpha value is -2.34. The second-order valence-electron chi connectivity index (χ2n) is 5.36. The van der Waals surface area contributed by atoms with E-state index < -0.39 is 10.0 Å². The van der Waals surface area contributed by atoms with E-state index in [0.717, 1.165) is 11.1 Å². The fourth-order valence-electron chi connectivity index (χ4n) is 2.74. The molecule has 0 spiro atoms. The van der Waals surface area contributed by atoms with Crippen LogP contribution < -0.4 is 4.31 Å². The van der Waals surface area contributed by atoms with Crippen molar-refractivity contribution in [1.29, 1.82) is 0 Å². The minimum absolute atomic E-state index is 0.190. The number of sulfonamides is 1. The van der Waals surface area contributed by atoms with Crippen LogP contribution in [0.5, 0.6) is 0 Å². The average Bonchev–Trinajstić information content (AvgIpc) is 2.99. The largest absolute Gasteiger partial charge is 0.469 e. The normalized spacial score (nSPS) is 13.7. The van der Waals surface area contributed by atoms with Gasteiger partial charge in [-0.3, -0.25) is 9.10 Å². The first-order valence-corrected chi connectivity index (χ1v) is 8.73. The van der Waals surface area contributed by atoms with Crippen molar-refractivity contribution in [3.8, 4) is 0 Å². The molecule has 0 unspecified atom stereocenters. The fourth-order valence-corrected chi connectivity index (χ4v) is 4.27. The van der Waals surface area contributed by atoms with E-state index >= 15 is 0 Å². The number of nitrogens with zero attached hydrogens (tertiary/aromatic N) is 1. The van der Waals surface area contributed by atoms with Crippen molar-refractivity contribution in [2.45, 2.75) is 17.7 Å². The highest BCUT2D eigenvalue weighted by Crippen LogP contribution is 2.33.